The van der Waals surface area contributed by atoms with Crippen molar-refractivity contribution in [2.24, 2.45) is 0 Å². The lowest BCUT2D eigenvalue weighted by molar-refractivity contribution is 0.0728. The Labute approximate surface area is 244 Å². The first kappa shape index (κ1) is 27.0. The lowest BCUT2D eigenvalue weighted by atomic mass is 9.98. The molecule has 5 aromatic carbocycles. The smallest absolute Gasteiger partial charge is 0.256 e. The van der Waals surface area contributed by atoms with E-state index in [2.05, 4.69) is 22.8 Å². The zero-order chi connectivity index (χ0) is 28.9. The zero-order valence-corrected chi connectivity index (χ0v) is 22.9. The van der Waals surface area contributed by atoms with Crippen LogP contribution in [0.4, 0.5) is 10.1 Å². The van der Waals surface area contributed by atoms with Crippen molar-refractivity contribution in [3.05, 3.63) is 173 Å². The number of anilines is 1. The second-order valence-corrected chi connectivity index (χ2v) is 10.4. The summed E-state index contributed by atoms with van der Waals surface area (Å²) in [7, 11) is 0. The molecular formula is C36H30FN3O2. The van der Waals surface area contributed by atoms with E-state index in [4.69, 9.17) is 0 Å². The minimum atomic E-state index is -0.410. The number of nitrogens with zero attached hydrogens (tertiary/aromatic N) is 1. The SMILES string of the molecule is O=C(NC(Cc1ccccc1)c1ccccc1)c1ccc(NC2c3ccccc3C(=O)N2Cc2ccc(F)cc2)cc1. The molecule has 6 heteroatoms. The summed E-state index contributed by atoms with van der Waals surface area (Å²) in [4.78, 5) is 28.4. The number of halogens is 1. The maximum Gasteiger partial charge on any atom is 0.256 e. The van der Waals surface area contributed by atoms with Crippen LogP contribution in [0.3, 0.4) is 0 Å². The van der Waals surface area contributed by atoms with Crippen LogP contribution in [0.25, 0.3) is 0 Å². The molecule has 0 aromatic heterocycles. The number of hydrogen-bond acceptors (Lipinski definition) is 3. The molecule has 5 aromatic rings. The average Bonchev–Trinajstić information content (AvgIpc) is 3.29. The van der Waals surface area contributed by atoms with Crippen LogP contribution < -0.4 is 10.6 Å². The standard InChI is InChI=1S/C36H30FN3O2/c37-29-19-15-26(16-20-29)24-40-34(31-13-7-8-14-32(31)36(40)42)38-30-21-17-28(18-22-30)35(41)39-33(27-11-5-2-6-12-27)23-25-9-3-1-4-10-25/h1-22,33-34,38H,23-24H2,(H,39,41). The monoisotopic (exact) mass is 555 g/mol. The van der Waals surface area contributed by atoms with Gasteiger partial charge >= 0.3 is 0 Å². The molecular weight excluding hydrogens is 525 g/mol. The topological polar surface area (TPSA) is 61.4 Å². The molecule has 0 bridgehead atoms. The van der Waals surface area contributed by atoms with Crippen molar-refractivity contribution >= 4 is 17.5 Å². The number of hydrogen-bond donors (Lipinski definition) is 2. The molecule has 1 aliphatic rings. The minimum absolute atomic E-state index is 0.0891. The molecule has 1 aliphatic heterocycles. The van der Waals surface area contributed by atoms with Gasteiger partial charge in [0.25, 0.3) is 11.8 Å². The third kappa shape index (κ3) is 5.93. The van der Waals surface area contributed by atoms with Crippen molar-refractivity contribution in [3.63, 3.8) is 0 Å². The Morgan fingerprint density at radius 1 is 0.738 bits per heavy atom. The molecule has 1 heterocycles. The van der Waals surface area contributed by atoms with E-state index in [1.165, 1.54) is 12.1 Å². The van der Waals surface area contributed by atoms with Gasteiger partial charge in [0.15, 0.2) is 0 Å². The van der Waals surface area contributed by atoms with E-state index in [0.717, 1.165) is 27.9 Å². The second kappa shape index (κ2) is 12.1. The van der Waals surface area contributed by atoms with Crippen molar-refractivity contribution in [3.8, 4) is 0 Å². The first-order valence-electron chi connectivity index (χ1n) is 14.0. The summed E-state index contributed by atoms with van der Waals surface area (Å²) < 4.78 is 13.5. The number of carbonyl (C=O) groups is 2. The summed E-state index contributed by atoms with van der Waals surface area (Å²) in [6.07, 6.45) is 0.265. The Kier molecular flexibility index (Phi) is 7.77. The van der Waals surface area contributed by atoms with Gasteiger partial charge in [-0.3, -0.25) is 9.59 Å². The fraction of sp³-hybridized carbons (Fsp3) is 0.111. The first-order valence-corrected chi connectivity index (χ1v) is 14.0. The largest absolute Gasteiger partial charge is 0.361 e. The van der Waals surface area contributed by atoms with Gasteiger partial charge in [-0.1, -0.05) is 91.0 Å². The van der Waals surface area contributed by atoms with Gasteiger partial charge in [-0.2, -0.15) is 0 Å². The molecule has 2 atom stereocenters. The molecule has 0 saturated carbocycles. The van der Waals surface area contributed by atoms with Crippen LogP contribution in [0.1, 0.15) is 55.2 Å². The van der Waals surface area contributed by atoms with Crippen LogP contribution in [0.15, 0.2) is 133 Å². The van der Waals surface area contributed by atoms with Gasteiger partial charge in [0, 0.05) is 28.9 Å². The quantitative estimate of drug-likeness (QED) is 0.201. The Morgan fingerprint density at radius 3 is 2.10 bits per heavy atom. The normalized spacial score (nSPS) is 14.7. The first-order chi connectivity index (χ1) is 20.5. The van der Waals surface area contributed by atoms with E-state index in [9.17, 15) is 14.0 Å². The highest BCUT2D eigenvalue weighted by Gasteiger charge is 2.36. The van der Waals surface area contributed by atoms with Crippen molar-refractivity contribution < 1.29 is 14.0 Å². The fourth-order valence-electron chi connectivity index (χ4n) is 5.38. The Morgan fingerprint density at radius 2 is 1.38 bits per heavy atom. The number of rotatable bonds is 9. The molecule has 208 valence electrons. The highest BCUT2D eigenvalue weighted by Crippen LogP contribution is 2.35. The van der Waals surface area contributed by atoms with E-state index in [0.29, 0.717) is 24.1 Å². The summed E-state index contributed by atoms with van der Waals surface area (Å²) >= 11 is 0. The van der Waals surface area contributed by atoms with Crippen LogP contribution in [-0.4, -0.2) is 16.7 Å². The number of benzene rings is 5. The number of nitrogens with one attached hydrogen (secondary N) is 2. The van der Waals surface area contributed by atoms with Crippen molar-refractivity contribution in [2.45, 2.75) is 25.2 Å². The maximum atomic E-state index is 13.5. The number of amides is 2. The van der Waals surface area contributed by atoms with Gasteiger partial charge in [-0.25, -0.2) is 4.39 Å². The third-order valence-corrected chi connectivity index (χ3v) is 7.56. The van der Waals surface area contributed by atoms with E-state index in [1.807, 2.05) is 84.9 Å². The molecule has 0 fully saturated rings. The average molecular weight is 556 g/mol. The van der Waals surface area contributed by atoms with Crippen LogP contribution >= 0.6 is 0 Å². The lowest BCUT2D eigenvalue weighted by Gasteiger charge is -2.27. The van der Waals surface area contributed by atoms with Crippen LogP contribution in [-0.2, 0) is 13.0 Å². The Balaban J connectivity index is 1.19. The van der Waals surface area contributed by atoms with Gasteiger partial charge in [0.1, 0.15) is 12.0 Å². The van der Waals surface area contributed by atoms with E-state index in [1.54, 1.807) is 29.2 Å². The van der Waals surface area contributed by atoms with Gasteiger partial charge in [0.05, 0.1) is 6.04 Å². The summed E-state index contributed by atoms with van der Waals surface area (Å²) in [5, 5.41) is 6.68. The third-order valence-electron chi connectivity index (χ3n) is 7.56. The summed E-state index contributed by atoms with van der Waals surface area (Å²) in [6.45, 7) is 0.328. The molecule has 5 nitrogen and oxygen atoms in total. The molecule has 6 rings (SSSR count). The van der Waals surface area contributed by atoms with Crippen molar-refractivity contribution in [1.29, 1.82) is 0 Å². The highest BCUT2D eigenvalue weighted by molar-refractivity contribution is 5.99. The fourth-order valence-corrected chi connectivity index (χ4v) is 5.38. The predicted molar refractivity (Wildman–Crippen MR) is 162 cm³/mol. The van der Waals surface area contributed by atoms with Gasteiger partial charge in [-0.15, -0.1) is 0 Å². The summed E-state index contributed by atoms with van der Waals surface area (Å²) in [5.41, 5.74) is 5.84. The van der Waals surface area contributed by atoms with E-state index in [-0.39, 0.29) is 23.7 Å². The van der Waals surface area contributed by atoms with Gasteiger partial charge in [0.2, 0.25) is 0 Å². The molecule has 2 unspecified atom stereocenters. The number of carbonyl (C=O) groups excluding carboxylic acids is 2. The predicted octanol–water partition coefficient (Wildman–Crippen LogP) is 7.31. The molecule has 0 saturated heterocycles. The van der Waals surface area contributed by atoms with E-state index < -0.39 is 6.17 Å². The molecule has 42 heavy (non-hydrogen) atoms. The Bertz CT molecular complexity index is 1670. The zero-order valence-electron chi connectivity index (χ0n) is 22.9. The van der Waals surface area contributed by atoms with Gasteiger partial charge in [-0.05, 0) is 65.6 Å². The second-order valence-electron chi connectivity index (χ2n) is 10.4. The molecule has 2 amide bonds. The lowest BCUT2D eigenvalue weighted by Crippen LogP contribution is -2.32. The molecule has 0 radical (unpaired) electrons. The van der Waals surface area contributed by atoms with Crippen LogP contribution in [0, 0.1) is 5.82 Å². The molecule has 2 N–H and O–H groups in total. The summed E-state index contributed by atoms with van der Waals surface area (Å²) in [5.74, 6) is -0.566. The Hall–Kier alpha value is -5.23. The van der Waals surface area contributed by atoms with Crippen LogP contribution in [0.2, 0.25) is 0 Å². The minimum Gasteiger partial charge on any atom is -0.361 e. The molecule has 0 spiro atoms. The summed E-state index contributed by atoms with van der Waals surface area (Å²) in [6, 6.07) is 40.9. The van der Waals surface area contributed by atoms with Crippen LogP contribution in [0.5, 0.6) is 0 Å². The number of fused-ring (bicyclic) bond motifs is 1. The van der Waals surface area contributed by atoms with E-state index >= 15 is 0 Å². The maximum absolute atomic E-state index is 13.5. The molecule has 0 aliphatic carbocycles. The van der Waals surface area contributed by atoms with Crippen molar-refractivity contribution in [2.75, 3.05) is 5.32 Å². The van der Waals surface area contributed by atoms with Crippen molar-refractivity contribution in [1.82, 2.24) is 10.2 Å². The van der Waals surface area contributed by atoms with Gasteiger partial charge < -0.3 is 15.5 Å². The highest BCUT2D eigenvalue weighted by atomic mass is 19.1.